The molecule has 0 atom stereocenters. The largest absolute Gasteiger partial charge is 0.229 e. The van der Waals surface area contributed by atoms with Gasteiger partial charge in [-0.05, 0) is 5.92 Å². The van der Waals surface area contributed by atoms with E-state index in [1.54, 1.807) is 0 Å². The van der Waals surface area contributed by atoms with E-state index in [2.05, 4.69) is 0 Å². The zero-order chi connectivity index (χ0) is 6.20. The quantitative estimate of drug-likeness (QED) is 0.521. The van der Waals surface area contributed by atoms with Gasteiger partial charge in [-0.3, -0.25) is 0 Å². The second-order valence-electron chi connectivity index (χ2n) is 2.35. The van der Waals surface area contributed by atoms with E-state index in [0.717, 1.165) is 6.42 Å². The second-order valence-corrected chi connectivity index (χ2v) is 4.50. The van der Waals surface area contributed by atoms with Crippen molar-refractivity contribution in [2.75, 3.05) is 11.5 Å². The first kappa shape index (κ1) is 6.08. The molecule has 0 aromatic heterocycles. The van der Waals surface area contributed by atoms with Crippen LogP contribution in [0.1, 0.15) is 13.3 Å². The van der Waals surface area contributed by atoms with Crippen LogP contribution in [0.4, 0.5) is 0 Å². The van der Waals surface area contributed by atoms with E-state index in [1.807, 2.05) is 6.92 Å². The van der Waals surface area contributed by atoms with Crippen LogP contribution >= 0.6 is 0 Å². The molecule has 1 saturated heterocycles. The maximum absolute atomic E-state index is 10.5. The Morgan fingerprint density at radius 2 is 2.00 bits per heavy atom. The molecule has 0 unspecified atom stereocenters. The molecule has 1 heterocycles. The smallest absolute Gasteiger partial charge is 0.150 e. The summed E-state index contributed by atoms with van der Waals surface area (Å²) < 4.78 is 20.9. The molecule has 0 amide bonds. The molecular formula is C5H10O2S. The first-order valence-corrected chi connectivity index (χ1v) is 4.66. The van der Waals surface area contributed by atoms with Gasteiger partial charge < -0.3 is 0 Å². The number of sulfone groups is 1. The molecule has 1 aliphatic heterocycles. The normalized spacial score (nSPS) is 27.1. The summed E-state index contributed by atoms with van der Waals surface area (Å²) in [5.74, 6) is 1.34. The van der Waals surface area contributed by atoms with Crippen LogP contribution in [0.15, 0.2) is 0 Å². The van der Waals surface area contributed by atoms with Crippen molar-refractivity contribution in [1.29, 1.82) is 0 Å². The van der Waals surface area contributed by atoms with Crippen LogP contribution < -0.4 is 0 Å². The van der Waals surface area contributed by atoms with E-state index < -0.39 is 9.84 Å². The van der Waals surface area contributed by atoms with Crippen molar-refractivity contribution in [3.05, 3.63) is 0 Å². The Bertz CT molecular complexity index is 157. The van der Waals surface area contributed by atoms with Crippen LogP contribution in [0, 0.1) is 5.92 Å². The molecule has 0 aromatic carbocycles. The van der Waals surface area contributed by atoms with E-state index >= 15 is 0 Å². The molecule has 1 fully saturated rings. The Hall–Kier alpha value is -0.0500. The van der Waals surface area contributed by atoms with E-state index in [0.29, 0.717) is 17.4 Å². The monoisotopic (exact) mass is 134 g/mol. The predicted octanol–water partition coefficient (Wildman–Crippen LogP) is 0.441. The van der Waals surface area contributed by atoms with Crippen molar-refractivity contribution >= 4 is 9.84 Å². The van der Waals surface area contributed by atoms with Crippen LogP contribution in [0.3, 0.4) is 0 Å². The molecule has 3 heteroatoms. The van der Waals surface area contributed by atoms with Crippen molar-refractivity contribution in [2.45, 2.75) is 13.3 Å². The van der Waals surface area contributed by atoms with Crippen LogP contribution in [0.2, 0.25) is 0 Å². The fraction of sp³-hybridized carbons (Fsp3) is 1.00. The number of rotatable bonds is 1. The molecule has 1 rings (SSSR count). The molecule has 0 saturated carbocycles. The van der Waals surface area contributed by atoms with Gasteiger partial charge >= 0.3 is 0 Å². The molecule has 0 bridgehead atoms. The van der Waals surface area contributed by atoms with E-state index in [4.69, 9.17) is 0 Å². The van der Waals surface area contributed by atoms with Gasteiger partial charge in [0, 0.05) is 0 Å². The molecule has 1 aliphatic rings. The molecule has 0 aliphatic carbocycles. The SMILES string of the molecule is CCC1CS(=O)(=O)C1. The van der Waals surface area contributed by atoms with E-state index in [-0.39, 0.29) is 0 Å². The van der Waals surface area contributed by atoms with Crippen molar-refractivity contribution in [1.82, 2.24) is 0 Å². The first-order chi connectivity index (χ1) is 3.64. The summed E-state index contributed by atoms with van der Waals surface area (Å²) in [4.78, 5) is 0. The summed E-state index contributed by atoms with van der Waals surface area (Å²) in [5, 5.41) is 0. The Morgan fingerprint density at radius 3 is 2.12 bits per heavy atom. The van der Waals surface area contributed by atoms with Crippen LogP contribution in [0.5, 0.6) is 0 Å². The maximum atomic E-state index is 10.5. The average molecular weight is 134 g/mol. The average Bonchev–Trinajstić information content (AvgIpc) is 1.60. The summed E-state index contributed by atoms with van der Waals surface area (Å²) in [7, 11) is -2.54. The zero-order valence-electron chi connectivity index (χ0n) is 4.92. The van der Waals surface area contributed by atoms with Gasteiger partial charge in [0.25, 0.3) is 0 Å². The third-order valence-corrected chi connectivity index (χ3v) is 3.52. The highest BCUT2D eigenvalue weighted by Crippen LogP contribution is 2.20. The van der Waals surface area contributed by atoms with Gasteiger partial charge in [-0.15, -0.1) is 0 Å². The third kappa shape index (κ3) is 1.02. The maximum Gasteiger partial charge on any atom is 0.150 e. The van der Waals surface area contributed by atoms with Crippen LogP contribution in [0.25, 0.3) is 0 Å². The molecule has 48 valence electrons. The number of hydrogen-bond donors (Lipinski definition) is 0. The Balaban J connectivity index is 2.43. The summed E-state index contributed by atoms with van der Waals surface area (Å²) in [6.45, 7) is 2.03. The van der Waals surface area contributed by atoms with Gasteiger partial charge in [0.15, 0.2) is 9.84 Å². The highest BCUT2D eigenvalue weighted by molar-refractivity contribution is 7.92. The Morgan fingerprint density at radius 1 is 1.50 bits per heavy atom. The van der Waals surface area contributed by atoms with Crippen molar-refractivity contribution < 1.29 is 8.42 Å². The molecule has 2 nitrogen and oxygen atoms in total. The van der Waals surface area contributed by atoms with Crippen molar-refractivity contribution in [2.24, 2.45) is 5.92 Å². The molecular weight excluding hydrogens is 124 g/mol. The zero-order valence-corrected chi connectivity index (χ0v) is 5.74. The van der Waals surface area contributed by atoms with Crippen LogP contribution in [-0.4, -0.2) is 19.9 Å². The molecule has 0 aromatic rings. The second kappa shape index (κ2) is 1.72. The Labute approximate surface area is 49.8 Å². The van der Waals surface area contributed by atoms with Gasteiger partial charge in [-0.25, -0.2) is 8.42 Å². The molecule has 8 heavy (non-hydrogen) atoms. The fourth-order valence-electron chi connectivity index (χ4n) is 0.905. The minimum atomic E-state index is -2.54. The summed E-state index contributed by atoms with van der Waals surface area (Å²) in [5.41, 5.74) is 0. The molecule has 0 N–H and O–H groups in total. The van der Waals surface area contributed by atoms with Crippen molar-refractivity contribution in [3.63, 3.8) is 0 Å². The lowest BCUT2D eigenvalue weighted by Crippen LogP contribution is -2.35. The van der Waals surface area contributed by atoms with Crippen LogP contribution in [-0.2, 0) is 9.84 Å². The first-order valence-electron chi connectivity index (χ1n) is 2.84. The van der Waals surface area contributed by atoms with Crippen molar-refractivity contribution in [3.8, 4) is 0 Å². The minimum absolute atomic E-state index is 0.434. The van der Waals surface area contributed by atoms with Gasteiger partial charge in [0.1, 0.15) is 0 Å². The molecule has 0 spiro atoms. The van der Waals surface area contributed by atoms with Gasteiger partial charge in [0.05, 0.1) is 11.5 Å². The highest BCUT2D eigenvalue weighted by Gasteiger charge is 2.31. The predicted molar refractivity (Wildman–Crippen MR) is 32.4 cm³/mol. The van der Waals surface area contributed by atoms with E-state index in [1.165, 1.54) is 0 Å². The lowest BCUT2D eigenvalue weighted by molar-refractivity contribution is 0.512. The van der Waals surface area contributed by atoms with Gasteiger partial charge in [-0.1, -0.05) is 13.3 Å². The summed E-state index contributed by atoms with van der Waals surface area (Å²) >= 11 is 0. The highest BCUT2D eigenvalue weighted by atomic mass is 32.2. The minimum Gasteiger partial charge on any atom is -0.229 e. The number of hydrogen-bond acceptors (Lipinski definition) is 2. The lowest BCUT2D eigenvalue weighted by Gasteiger charge is -2.23. The summed E-state index contributed by atoms with van der Waals surface area (Å²) in [6, 6.07) is 0. The molecule has 0 radical (unpaired) electrons. The van der Waals surface area contributed by atoms with E-state index in [9.17, 15) is 8.42 Å². The third-order valence-electron chi connectivity index (χ3n) is 1.56. The topological polar surface area (TPSA) is 34.1 Å². The Kier molecular flexibility index (Phi) is 1.31. The van der Waals surface area contributed by atoms with Gasteiger partial charge in [0.2, 0.25) is 0 Å². The van der Waals surface area contributed by atoms with Gasteiger partial charge in [-0.2, -0.15) is 0 Å². The summed E-state index contributed by atoms with van der Waals surface area (Å²) in [6.07, 6.45) is 1.01. The standard InChI is InChI=1S/C5H10O2S/c1-2-5-3-8(6,7)4-5/h5H,2-4H2,1H3. The fourth-order valence-corrected chi connectivity index (χ4v) is 2.72. The lowest BCUT2D eigenvalue weighted by atomic mass is 10.1.